The first-order valence-electron chi connectivity index (χ1n) is 8.86. The summed E-state index contributed by atoms with van der Waals surface area (Å²) in [6.45, 7) is 1.77. The van der Waals surface area contributed by atoms with Gasteiger partial charge in [-0.3, -0.25) is 15.1 Å². The van der Waals surface area contributed by atoms with Crippen molar-refractivity contribution < 1.29 is 14.4 Å². The second-order valence-corrected chi connectivity index (χ2v) is 6.48. The highest BCUT2D eigenvalue weighted by atomic mass is 16.7. The van der Waals surface area contributed by atoms with Crippen LogP contribution in [0.15, 0.2) is 65.7 Å². The Labute approximate surface area is 160 Å². The summed E-state index contributed by atoms with van der Waals surface area (Å²) in [5.41, 5.74) is 1.71. The van der Waals surface area contributed by atoms with Gasteiger partial charge in [0.15, 0.2) is 5.79 Å². The van der Waals surface area contributed by atoms with Crippen LogP contribution in [-0.4, -0.2) is 37.2 Å². The third kappa shape index (κ3) is 5.98. The van der Waals surface area contributed by atoms with Crippen molar-refractivity contribution in [1.82, 2.24) is 0 Å². The van der Waals surface area contributed by atoms with Gasteiger partial charge in [0.2, 0.25) is 6.04 Å². The summed E-state index contributed by atoms with van der Waals surface area (Å²) in [7, 11) is 3.07. The number of nitrogens with zero attached hydrogens (tertiary/aromatic N) is 2. The molecule has 27 heavy (non-hydrogen) atoms. The van der Waals surface area contributed by atoms with Crippen molar-refractivity contribution in [3.8, 4) is 0 Å². The molecule has 0 aromatic heterocycles. The number of hydrogen-bond acceptors (Lipinski definition) is 5. The van der Waals surface area contributed by atoms with E-state index in [-0.39, 0.29) is 11.3 Å². The van der Waals surface area contributed by atoms with E-state index in [9.17, 15) is 10.1 Å². The van der Waals surface area contributed by atoms with Crippen LogP contribution in [0.25, 0.3) is 0 Å². The van der Waals surface area contributed by atoms with Crippen molar-refractivity contribution >= 4 is 6.21 Å². The Bertz CT molecular complexity index is 730. The van der Waals surface area contributed by atoms with Gasteiger partial charge in [-0.1, -0.05) is 60.7 Å². The molecule has 0 bridgehead atoms. The summed E-state index contributed by atoms with van der Waals surface area (Å²) in [6.07, 6.45) is 2.35. The summed E-state index contributed by atoms with van der Waals surface area (Å²) in [5.74, 6) is -0.862. The predicted octanol–water partition coefficient (Wildman–Crippen LogP) is 4.28. The van der Waals surface area contributed by atoms with E-state index in [4.69, 9.17) is 9.47 Å². The molecule has 2 aromatic carbocycles. The lowest BCUT2D eigenvalue weighted by atomic mass is 9.94. The second-order valence-electron chi connectivity index (χ2n) is 6.48. The Kier molecular flexibility index (Phi) is 7.64. The maximum absolute atomic E-state index is 11.9. The van der Waals surface area contributed by atoms with Crippen molar-refractivity contribution in [1.29, 1.82) is 0 Å². The Morgan fingerprint density at radius 2 is 1.63 bits per heavy atom. The molecule has 0 saturated carbocycles. The lowest BCUT2D eigenvalue weighted by Crippen LogP contribution is -2.34. The van der Waals surface area contributed by atoms with Crippen LogP contribution >= 0.6 is 0 Å². The molecular formula is C21H26N2O4. The highest BCUT2D eigenvalue weighted by Crippen LogP contribution is 2.29. The largest absolute Gasteiger partial charge is 0.353 e. The molecule has 2 atom stereocenters. The molecule has 0 heterocycles. The minimum Gasteiger partial charge on any atom is -0.353 e. The van der Waals surface area contributed by atoms with E-state index in [1.807, 2.05) is 60.7 Å². The lowest BCUT2D eigenvalue weighted by molar-refractivity contribution is -0.528. The topological polar surface area (TPSA) is 74.0 Å². The molecule has 0 aliphatic carbocycles. The van der Waals surface area contributed by atoms with Crippen molar-refractivity contribution in [2.24, 2.45) is 4.99 Å². The van der Waals surface area contributed by atoms with Gasteiger partial charge in [-0.05, 0) is 18.1 Å². The van der Waals surface area contributed by atoms with Crippen LogP contribution in [0.4, 0.5) is 0 Å². The van der Waals surface area contributed by atoms with Gasteiger partial charge in [0.25, 0.3) is 0 Å². The van der Waals surface area contributed by atoms with Gasteiger partial charge in [0.05, 0.1) is 0 Å². The number of rotatable bonds is 10. The van der Waals surface area contributed by atoms with Gasteiger partial charge in [-0.25, -0.2) is 0 Å². The van der Waals surface area contributed by atoms with E-state index >= 15 is 0 Å². The first kappa shape index (κ1) is 20.7. The van der Waals surface area contributed by atoms with Crippen LogP contribution in [0.5, 0.6) is 0 Å². The fourth-order valence-corrected chi connectivity index (χ4v) is 2.84. The average Bonchev–Trinajstić information content (AvgIpc) is 2.71. The number of benzene rings is 2. The van der Waals surface area contributed by atoms with E-state index in [0.717, 1.165) is 11.1 Å². The van der Waals surface area contributed by atoms with Crippen molar-refractivity contribution in [2.45, 2.75) is 37.6 Å². The molecule has 144 valence electrons. The Morgan fingerprint density at radius 3 is 2.15 bits per heavy atom. The SMILES string of the molecule is COC(C)(CC[C@@H]([C@@H](N=Cc1ccccc1)c1ccccc1)[N+](=O)[O-])OC. The lowest BCUT2D eigenvalue weighted by Gasteiger charge is -2.27. The first-order chi connectivity index (χ1) is 13.0. The fourth-order valence-electron chi connectivity index (χ4n) is 2.84. The van der Waals surface area contributed by atoms with Crippen molar-refractivity contribution in [3.05, 3.63) is 81.9 Å². The molecule has 0 aliphatic heterocycles. The van der Waals surface area contributed by atoms with Crippen LogP contribution in [0.2, 0.25) is 0 Å². The highest BCUT2D eigenvalue weighted by molar-refractivity contribution is 5.79. The number of nitro groups is 1. The Balaban J connectivity index is 2.31. The van der Waals surface area contributed by atoms with E-state index in [1.54, 1.807) is 13.1 Å². The maximum atomic E-state index is 11.9. The Hall–Kier alpha value is -2.57. The van der Waals surface area contributed by atoms with E-state index in [0.29, 0.717) is 6.42 Å². The first-order valence-corrected chi connectivity index (χ1v) is 8.86. The quantitative estimate of drug-likeness (QED) is 0.271. The van der Waals surface area contributed by atoms with Crippen LogP contribution in [0.3, 0.4) is 0 Å². The predicted molar refractivity (Wildman–Crippen MR) is 106 cm³/mol. The van der Waals surface area contributed by atoms with Crippen LogP contribution in [0.1, 0.15) is 36.9 Å². The highest BCUT2D eigenvalue weighted by Gasteiger charge is 2.35. The minimum atomic E-state index is -0.892. The van der Waals surface area contributed by atoms with Gasteiger partial charge in [-0.2, -0.15) is 0 Å². The maximum Gasteiger partial charge on any atom is 0.239 e. The summed E-state index contributed by atoms with van der Waals surface area (Å²) in [5, 5.41) is 11.9. The molecule has 0 N–H and O–H groups in total. The fraction of sp³-hybridized carbons (Fsp3) is 0.381. The normalized spacial score (nSPS) is 14.2. The summed E-state index contributed by atoms with van der Waals surface area (Å²) >= 11 is 0. The van der Waals surface area contributed by atoms with Gasteiger partial charge in [0, 0.05) is 38.2 Å². The van der Waals surface area contributed by atoms with Gasteiger partial charge in [-0.15, -0.1) is 0 Å². The molecule has 0 amide bonds. The molecule has 2 rings (SSSR count). The zero-order valence-electron chi connectivity index (χ0n) is 15.9. The minimum absolute atomic E-state index is 0.258. The van der Waals surface area contributed by atoms with E-state index < -0.39 is 17.9 Å². The molecule has 6 heteroatoms. The molecule has 0 spiro atoms. The average molecular weight is 370 g/mol. The monoisotopic (exact) mass is 370 g/mol. The molecule has 6 nitrogen and oxygen atoms in total. The molecule has 0 fully saturated rings. The Morgan fingerprint density at radius 1 is 1.07 bits per heavy atom. The third-order valence-corrected chi connectivity index (χ3v) is 4.72. The summed E-state index contributed by atoms with van der Waals surface area (Å²) < 4.78 is 10.7. The van der Waals surface area contributed by atoms with Crippen LogP contribution < -0.4 is 0 Å². The van der Waals surface area contributed by atoms with Crippen LogP contribution in [-0.2, 0) is 9.47 Å². The smallest absolute Gasteiger partial charge is 0.239 e. The van der Waals surface area contributed by atoms with Crippen molar-refractivity contribution in [2.75, 3.05) is 14.2 Å². The third-order valence-electron chi connectivity index (χ3n) is 4.72. The molecule has 0 saturated heterocycles. The standard InChI is InChI=1S/C21H26N2O4/c1-21(26-2,27-3)15-14-19(23(24)25)20(18-12-8-5-9-13-18)22-16-17-10-6-4-7-11-17/h4-13,16,19-20H,14-15H2,1-3H3/t19-,20-/m0/s1. The number of hydrogen-bond donors (Lipinski definition) is 0. The second kappa shape index (κ2) is 9.94. The molecule has 0 aliphatic rings. The van der Waals surface area contributed by atoms with Gasteiger partial charge >= 0.3 is 0 Å². The number of aliphatic imine (C=N–C) groups is 1. The van der Waals surface area contributed by atoms with Gasteiger partial charge in [0.1, 0.15) is 6.04 Å². The van der Waals surface area contributed by atoms with E-state index in [1.165, 1.54) is 14.2 Å². The number of ether oxygens (including phenoxy) is 2. The van der Waals surface area contributed by atoms with Crippen LogP contribution in [0, 0.1) is 10.1 Å². The zero-order valence-corrected chi connectivity index (χ0v) is 15.9. The molecule has 0 radical (unpaired) electrons. The number of methoxy groups -OCH3 is 2. The summed E-state index contributed by atoms with van der Waals surface area (Å²) in [6, 6.07) is 17.4. The van der Waals surface area contributed by atoms with Gasteiger partial charge < -0.3 is 9.47 Å². The molecule has 2 aromatic rings. The zero-order chi connectivity index (χ0) is 19.7. The summed E-state index contributed by atoms with van der Waals surface area (Å²) in [4.78, 5) is 16.2. The molecule has 0 unspecified atom stereocenters. The van der Waals surface area contributed by atoms with E-state index in [2.05, 4.69) is 4.99 Å². The molecular weight excluding hydrogens is 344 g/mol. The van der Waals surface area contributed by atoms with Crippen molar-refractivity contribution in [3.63, 3.8) is 0 Å².